The smallest absolute Gasteiger partial charge is 0.00198 e. The fourth-order valence-electron chi connectivity index (χ4n) is 1.54. The number of hydrogen-bond acceptors (Lipinski definition) is 1. The second-order valence-corrected chi connectivity index (χ2v) is 3.51. The van der Waals surface area contributed by atoms with Gasteiger partial charge in [0.2, 0.25) is 0 Å². The molecule has 1 unspecified atom stereocenters. The molecular formula is C13H25N. The second kappa shape index (κ2) is 9.01. The van der Waals surface area contributed by atoms with Crippen LogP contribution >= 0.6 is 0 Å². The second-order valence-electron chi connectivity index (χ2n) is 3.51. The lowest BCUT2D eigenvalue weighted by molar-refractivity contribution is 0.539. The van der Waals surface area contributed by atoms with E-state index in [1.807, 2.05) is 0 Å². The molecule has 14 heavy (non-hydrogen) atoms. The van der Waals surface area contributed by atoms with Crippen LogP contribution in [0.25, 0.3) is 0 Å². The van der Waals surface area contributed by atoms with Gasteiger partial charge in [-0.1, -0.05) is 39.0 Å². The van der Waals surface area contributed by atoms with Gasteiger partial charge in [-0.15, -0.1) is 0 Å². The van der Waals surface area contributed by atoms with E-state index in [9.17, 15) is 0 Å². The Morgan fingerprint density at radius 2 is 2.00 bits per heavy atom. The van der Waals surface area contributed by atoms with E-state index in [2.05, 4.69) is 51.2 Å². The van der Waals surface area contributed by atoms with Gasteiger partial charge in [-0.3, -0.25) is 0 Å². The van der Waals surface area contributed by atoms with Crippen LogP contribution in [0.3, 0.4) is 0 Å². The number of rotatable bonds is 7. The summed E-state index contributed by atoms with van der Waals surface area (Å²) < 4.78 is 0. The molecule has 0 aromatic rings. The molecule has 82 valence electrons. The van der Waals surface area contributed by atoms with Gasteiger partial charge in [0.15, 0.2) is 0 Å². The van der Waals surface area contributed by atoms with Crippen molar-refractivity contribution in [3.8, 4) is 0 Å². The fraction of sp³-hybridized carbons (Fsp3) is 0.692. The first-order chi connectivity index (χ1) is 6.79. The van der Waals surface area contributed by atoms with Crippen LogP contribution in [0.2, 0.25) is 0 Å². The molecule has 0 radical (unpaired) electrons. The summed E-state index contributed by atoms with van der Waals surface area (Å²) in [5.74, 6) is 0.669. The minimum Gasteiger partial charge on any atom is -0.316 e. The molecule has 0 bridgehead atoms. The highest BCUT2D eigenvalue weighted by atomic mass is 14.8. The van der Waals surface area contributed by atoms with E-state index >= 15 is 0 Å². The minimum atomic E-state index is 0.669. The van der Waals surface area contributed by atoms with Crippen molar-refractivity contribution in [3.05, 3.63) is 23.8 Å². The van der Waals surface area contributed by atoms with Crippen molar-refractivity contribution in [2.75, 3.05) is 13.1 Å². The van der Waals surface area contributed by atoms with E-state index < -0.39 is 0 Å². The highest BCUT2D eigenvalue weighted by molar-refractivity contribution is 5.21. The Kier molecular flexibility index (Phi) is 8.65. The zero-order chi connectivity index (χ0) is 10.8. The summed E-state index contributed by atoms with van der Waals surface area (Å²) in [6.07, 6.45) is 9.07. The van der Waals surface area contributed by atoms with Gasteiger partial charge in [0.25, 0.3) is 0 Å². The zero-order valence-electron chi connectivity index (χ0n) is 10.1. The number of nitrogens with one attached hydrogen (secondary N) is 1. The van der Waals surface area contributed by atoms with Crippen LogP contribution in [0.1, 0.15) is 40.5 Å². The Balaban J connectivity index is 4.23. The van der Waals surface area contributed by atoms with Gasteiger partial charge in [-0.25, -0.2) is 0 Å². The first-order valence-electron chi connectivity index (χ1n) is 5.83. The lowest BCUT2D eigenvalue weighted by atomic mass is 9.95. The molecule has 1 heteroatoms. The molecule has 0 aromatic carbocycles. The molecule has 0 fully saturated rings. The maximum Gasteiger partial charge on any atom is 0.00198 e. The van der Waals surface area contributed by atoms with Gasteiger partial charge in [-0.05, 0) is 37.8 Å². The SMILES string of the molecule is C/C=C(\C=C/CC)C(CC)CNCC. The average Bonchev–Trinajstić information content (AvgIpc) is 2.23. The van der Waals surface area contributed by atoms with E-state index in [1.165, 1.54) is 12.0 Å². The highest BCUT2D eigenvalue weighted by Gasteiger charge is 2.07. The molecule has 0 aliphatic carbocycles. The maximum absolute atomic E-state index is 3.42. The van der Waals surface area contributed by atoms with Crippen molar-refractivity contribution < 1.29 is 0 Å². The van der Waals surface area contributed by atoms with E-state index in [1.54, 1.807) is 0 Å². The summed E-state index contributed by atoms with van der Waals surface area (Å²) in [5, 5.41) is 3.42. The van der Waals surface area contributed by atoms with Crippen LogP contribution in [0.15, 0.2) is 23.8 Å². The normalized spacial score (nSPS) is 15.0. The summed E-state index contributed by atoms with van der Waals surface area (Å²) >= 11 is 0. The molecule has 1 atom stereocenters. The average molecular weight is 195 g/mol. The molecule has 0 aliphatic heterocycles. The monoisotopic (exact) mass is 195 g/mol. The Morgan fingerprint density at radius 3 is 2.43 bits per heavy atom. The Morgan fingerprint density at radius 1 is 1.29 bits per heavy atom. The molecule has 0 saturated carbocycles. The Hall–Kier alpha value is -0.560. The standard InChI is InChI=1S/C13H25N/c1-5-9-10-12(6-2)13(7-3)11-14-8-4/h6,9-10,13-14H,5,7-8,11H2,1-4H3/b10-9-,12-6+. The molecule has 1 N–H and O–H groups in total. The van der Waals surface area contributed by atoms with Gasteiger partial charge in [-0.2, -0.15) is 0 Å². The van der Waals surface area contributed by atoms with Crippen molar-refractivity contribution in [3.63, 3.8) is 0 Å². The van der Waals surface area contributed by atoms with E-state index in [0.717, 1.165) is 19.5 Å². The van der Waals surface area contributed by atoms with E-state index in [-0.39, 0.29) is 0 Å². The van der Waals surface area contributed by atoms with Gasteiger partial charge in [0.1, 0.15) is 0 Å². The fourth-order valence-corrected chi connectivity index (χ4v) is 1.54. The van der Waals surface area contributed by atoms with Crippen molar-refractivity contribution in [1.82, 2.24) is 5.32 Å². The van der Waals surface area contributed by atoms with Gasteiger partial charge >= 0.3 is 0 Å². The quantitative estimate of drug-likeness (QED) is 0.613. The van der Waals surface area contributed by atoms with Crippen LogP contribution in [-0.4, -0.2) is 13.1 Å². The largest absolute Gasteiger partial charge is 0.316 e. The Bertz CT molecular complexity index is 180. The molecule has 0 spiro atoms. The minimum absolute atomic E-state index is 0.669. The Labute approximate surface area is 89.3 Å². The van der Waals surface area contributed by atoms with E-state index in [4.69, 9.17) is 0 Å². The highest BCUT2D eigenvalue weighted by Crippen LogP contribution is 2.15. The van der Waals surface area contributed by atoms with Crippen LogP contribution < -0.4 is 5.32 Å². The summed E-state index contributed by atoms with van der Waals surface area (Å²) in [6, 6.07) is 0. The van der Waals surface area contributed by atoms with Gasteiger partial charge in [0.05, 0.1) is 0 Å². The van der Waals surface area contributed by atoms with Gasteiger partial charge in [0, 0.05) is 6.54 Å². The van der Waals surface area contributed by atoms with Crippen LogP contribution in [0.5, 0.6) is 0 Å². The molecule has 0 amide bonds. The predicted molar refractivity (Wildman–Crippen MR) is 65.5 cm³/mol. The van der Waals surface area contributed by atoms with Gasteiger partial charge < -0.3 is 5.32 Å². The first kappa shape index (κ1) is 13.4. The van der Waals surface area contributed by atoms with Crippen molar-refractivity contribution in [2.45, 2.75) is 40.5 Å². The van der Waals surface area contributed by atoms with Crippen LogP contribution in [0.4, 0.5) is 0 Å². The number of hydrogen-bond donors (Lipinski definition) is 1. The third kappa shape index (κ3) is 5.23. The summed E-state index contributed by atoms with van der Waals surface area (Å²) in [6.45, 7) is 10.9. The molecule has 0 heterocycles. The third-order valence-corrected chi connectivity index (χ3v) is 2.48. The summed E-state index contributed by atoms with van der Waals surface area (Å²) in [5.41, 5.74) is 1.47. The molecule has 0 rings (SSSR count). The predicted octanol–water partition coefficient (Wildman–Crippen LogP) is 3.53. The van der Waals surface area contributed by atoms with Crippen LogP contribution in [0, 0.1) is 5.92 Å². The topological polar surface area (TPSA) is 12.0 Å². The lowest BCUT2D eigenvalue weighted by Crippen LogP contribution is -2.23. The number of allylic oxidation sites excluding steroid dienone is 3. The van der Waals surface area contributed by atoms with Crippen molar-refractivity contribution in [2.24, 2.45) is 5.92 Å². The third-order valence-electron chi connectivity index (χ3n) is 2.48. The van der Waals surface area contributed by atoms with Crippen LogP contribution in [-0.2, 0) is 0 Å². The molecule has 1 nitrogen and oxygen atoms in total. The summed E-state index contributed by atoms with van der Waals surface area (Å²) in [7, 11) is 0. The zero-order valence-corrected chi connectivity index (χ0v) is 10.1. The molecular weight excluding hydrogens is 170 g/mol. The van der Waals surface area contributed by atoms with Crippen molar-refractivity contribution >= 4 is 0 Å². The summed E-state index contributed by atoms with van der Waals surface area (Å²) in [4.78, 5) is 0. The lowest BCUT2D eigenvalue weighted by Gasteiger charge is -2.16. The molecule has 0 saturated heterocycles. The van der Waals surface area contributed by atoms with E-state index in [0.29, 0.717) is 5.92 Å². The molecule has 0 aliphatic rings. The first-order valence-corrected chi connectivity index (χ1v) is 5.83. The van der Waals surface area contributed by atoms with Crippen molar-refractivity contribution in [1.29, 1.82) is 0 Å². The molecule has 0 aromatic heterocycles. The maximum atomic E-state index is 3.42.